The molecule has 2 aromatic carbocycles. The van der Waals surface area contributed by atoms with Gasteiger partial charge < -0.3 is 19.0 Å². The van der Waals surface area contributed by atoms with Crippen LogP contribution in [0, 0.1) is 6.92 Å². The molecule has 3 aromatic rings. The lowest BCUT2D eigenvalue weighted by molar-refractivity contribution is 0.0303. The number of morpholine rings is 1. The number of aryl methyl sites for hydroxylation is 1. The Morgan fingerprint density at radius 1 is 1.00 bits per heavy atom. The molecule has 184 valence electrons. The van der Waals surface area contributed by atoms with Crippen molar-refractivity contribution in [2.75, 3.05) is 39.4 Å². The van der Waals surface area contributed by atoms with Gasteiger partial charge in [0.05, 0.1) is 13.2 Å². The first kappa shape index (κ1) is 23.8. The fourth-order valence-electron chi connectivity index (χ4n) is 5.36. The summed E-state index contributed by atoms with van der Waals surface area (Å²) in [7, 11) is 0. The highest BCUT2D eigenvalue weighted by atomic mass is 16.5. The minimum Gasteiger partial charge on any atom is -0.423 e. The first-order valence-corrected chi connectivity index (χ1v) is 12.8. The van der Waals surface area contributed by atoms with Crippen molar-refractivity contribution in [1.29, 1.82) is 0 Å². The number of carbonyl (C=O) groups excluding carboxylic acids is 1. The highest BCUT2D eigenvalue weighted by Gasteiger charge is 2.20. The van der Waals surface area contributed by atoms with Gasteiger partial charge >= 0.3 is 5.63 Å². The minimum absolute atomic E-state index is 0.0450. The van der Waals surface area contributed by atoms with Crippen molar-refractivity contribution in [3.63, 3.8) is 0 Å². The van der Waals surface area contributed by atoms with Crippen LogP contribution in [0.5, 0.6) is 0 Å². The maximum absolute atomic E-state index is 12.8. The van der Waals surface area contributed by atoms with Crippen molar-refractivity contribution in [3.8, 4) is 11.1 Å². The number of fused-ring (bicyclic) bond motifs is 1. The van der Waals surface area contributed by atoms with Gasteiger partial charge in [0.1, 0.15) is 5.58 Å². The van der Waals surface area contributed by atoms with Crippen LogP contribution in [0.3, 0.4) is 0 Å². The Bertz CT molecular complexity index is 1260. The molecule has 0 radical (unpaired) electrons. The molecule has 35 heavy (non-hydrogen) atoms. The van der Waals surface area contributed by atoms with E-state index in [-0.39, 0.29) is 11.5 Å². The van der Waals surface area contributed by atoms with Gasteiger partial charge in [0.25, 0.3) is 5.91 Å². The van der Waals surface area contributed by atoms with E-state index in [4.69, 9.17) is 9.15 Å². The molecule has 2 fully saturated rings. The van der Waals surface area contributed by atoms with E-state index in [0.717, 1.165) is 40.7 Å². The van der Waals surface area contributed by atoms with E-state index in [0.29, 0.717) is 49.9 Å². The molecule has 1 aromatic heterocycles. The second kappa shape index (κ2) is 10.3. The lowest BCUT2D eigenvalue weighted by atomic mass is 9.97. The normalized spacial score (nSPS) is 19.3. The van der Waals surface area contributed by atoms with E-state index in [9.17, 15) is 9.59 Å². The van der Waals surface area contributed by atoms with Crippen molar-refractivity contribution in [2.45, 2.75) is 45.6 Å². The number of hydrogen-bond acceptors (Lipinski definition) is 5. The molecule has 0 saturated carbocycles. The molecule has 3 heterocycles. The summed E-state index contributed by atoms with van der Waals surface area (Å²) in [5.41, 5.74) is 4.92. The number of likely N-dealkylation sites (tertiary alicyclic amines) is 1. The smallest absolute Gasteiger partial charge is 0.339 e. The summed E-state index contributed by atoms with van der Waals surface area (Å²) in [5.74, 6) is 0.0450. The molecule has 6 heteroatoms. The molecule has 2 saturated heterocycles. The van der Waals surface area contributed by atoms with Gasteiger partial charge in [0.15, 0.2) is 0 Å². The molecule has 0 aliphatic carbocycles. The van der Waals surface area contributed by atoms with Crippen LogP contribution in [-0.2, 0) is 11.2 Å². The van der Waals surface area contributed by atoms with Gasteiger partial charge in [-0.15, -0.1) is 0 Å². The van der Waals surface area contributed by atoms with E-state index in [1.165, 1.54) is 19.3 Å². The maximum Gasteiger partial charge on any atom is 0.339 e. The zero-order valence-corrected chi connectivity index (χ0v) is 20.7. The summed E-state index contributed by atoms with van der Waals surface area (Å²) in [5, 5.41) is 0.970. The molecule has 2 aliphatic heterocycles. The summed E-state index contributed by atoms with van der Waals surface area (Å²) in [6.45, 7) is 8.75. The van der Waals surface area contributed by atoms with Gasteiger partial charge in [-0.2, -0.15) is 0 Å². The molecule has 6 nitrogen and oxygen atoms in total. The Balaban J connectivity index is 1.38. The molecule has 0 spiro atoms. The van der Waals surface area contributed by atoms with Gasteiger partial charge in [-0.25, -0.2) is 4.79 Å². The number of carbonyl (C=O) groups is 1. The zero-order chi connectivity index (χ0) is 24.4. The Kier molecular flexibility index (Phi) is 7.02. The van der Waals surface area contributed by atoms with Crippen molar-refractivity contribution >= 4 is 16.9 Å². The van der Waals surface area contributed by atoms with Gasteiger partial charge in [-0.05, 0) is 80.6 Å². The highest BCUT2D eigenvalue weighted by molar-refractivity contribution is 5.95. The molecular formula is C29H34N2O4. The minimum atomic E-state index is -0.224. The Morgan fingerprint density at radius 2 is 1.74 bits per heavy atom. The van der Waals surface area contributed by atoms with Gasteiger partial charge in [0.2, 0.25) is 0 Å². The largest absolute Gasteiger partial charge is 0.423 e. The summed E-state index contributed by atoms with van der Waals surface area (Å²) < 4.78 is 11.1. The molecule has 5 rings (SSSR count). The van der Waals surface area contributed by atoms with Gasteiger partial charge in [-0.1, -0.05) is 24.6 Å². The molecule has 2 aliphatic rings. The monoisotopic (exact) mass is 474 g/mol. The Hall–Kier alpha value is -2.96. The van der Waals surface area contributed by atoms with Gasteiger partial charge in [0, 0.05) is 42.2 Å². The number of nitrogens with zero attached hydrogens (tertiary/aromatic N) is 2. The lowest BCUT2D eigenvalue weighted by Gasteiger charge is -2.33. The van der Waals surface area contributed by atoms with Crippen LogP contribution < -0.4 is 5.63 Å². The predicted octanol–water partition coefficient (Wildman–Crippen LogP) is 4.66. The number of piperidine rings is 1. The highest BCUT2D eigenvalue weighted by Crippen LogP contribution is 2.28. The van der Waals surface area contributed by atoms with Gasteiger partial charge in [-0.3, -0.25) is 4.79 Å². The SMILES string of the molecule is Cc1c(CCN2CCCCC2C)c(=O)oc2ccc(-c3ccc(C(=O)N4CCOCC4)cc3)cc12. The second-order valence-corrected chi connectivity index (χ2v) is 9.82. The topological polar surface area (TPSA) is 63.0 Å². The first-order valence-electron chi connectivity index (χ1n) is 12.8. The predicted molar refractivity (Wildman–Crippen MR) is 138 cm³/mol. The number of rotatable bonds is 5. The molecule has 1 unspecified atom stereocenters. The average Bonchev–Trinajstić information content (AvgIpc) is 2.89. The lowest BCUT2D eigenvalue weighted by Crippen LogP contribution is -2.40. The van der Waals surface area contributed by atoms with E-state index < -0.39 is 0 Å². The average molecular weight is 475 g/mol. The number of hydrogen-bond donors (Lipinski definition) is 0. The third-order valence-corrected chi connectivity index (χ3v) is 7.64. The van der Waals surface area contributed by atoms with Crippen LogP contribution in [0.25, 0.3) is 22.1 Å². The Labute approximate surface area is 206 Å². The Morgan fingerprint density at radius 3 is 2.49 bits per heavy atom. The van der Waals surface area contributed by atoms with Crippen LogP contribution in [0.1, 0.15) is 47.7 Å². The van der Waals surface area contributed by atoms with Crippen LogP contribution in [0.15, 0.2) is 51.7 Å². The maximum atomic E-state index is 12.8. The zero-order valence-electron chi connectivity index (χ0n) is 20.7. The third kappa shape index (κ3) is 5.04. The number of amides is 1. The van der Waals surface area contributed by atoms with Crippen molar-refractivity contribution in [3.05, 3.63) is 69.6 Å². The van der Waals surface area contributed by atoms with Crippen LogP contribution in [0.2, 0.25) is 0 Å². The number of benzene rings is 2. The quantitative estimate of drug-likeness (QED) is 0.504. The van der Waals surface area contributed by atoms with E-state index in [1.807, 2.05) is 48.2 Å². The molecular weight excluding hydrogens is 440 g/mol. The first-order chi connectivity index (χ1) is 17.0. The summed E-state index contributed by atoms with van der Waals surface area (Å²) in [4.78, 5) is 29.9. The fourth-order valence-corrected chi connectivity index (χ4v) is 5.36. The molecule has 0 N–H and O–H groups in total. The molecule has 1 atom stereocenters. The number of ether oxygens (including phenoxy) is 1. The van der Waals surface area contributed by atoms with Crippen molar-refractivity contribution < 1.29 is 13.9 Å². The second-order valence-electron chi connectivity index (χ2n) is 9.82. The molecule has 1 amide bonds. The van der Waals surface area contributed by atoms with Crippen LogP contribution in [0.4, 0.5) is 0 Å². The van der Waals surface area contributed by atoms with Crippen LogP contribution in [-0.4, -0.2) is 61.1 Å². The van der Waals surface area contributed by atoms with Crippen LogP contribution >= 0.6 is 0 Å². The fraction of sp³-hybridized carbons (Fsp3) is 0.448. The summed E-state index contributed by atoms with van der Waals surface area (Å²) in [6.07, 6.45) is 4.46. The summed E-state index contributed by atoms with van der Waals surface area (Å²) >= 11 is 0. The van der Waals surface area contributed by atoms with E-state index in [1.54, 1.807) is 0 Å². The molecule has 0 bridgehead atoms. The standard InChI is InChI=1S/C29H34N2O4/c1-20-5-3-4-13-30(20)14-12-25-21(2)26-19-24(10-11-27(26)35-29(25)33)22-6-8-23(9-7-22)28(32)31-15-17-34-18-16-31/h6-11,19-20H,3-5,12-18H2,1-2H3. The van der Waals surface area contributed by atoms with E-state index >= 15 is 0 Å². The van der Waals surface area contributed by atoms with Crippen molar-refractivity contribution in [2.24, 2.45) is 0 Å². The summed E-state index contributed by atoms with van der Waals surface area (Å²) in [6, 6.07) is 14.3. The van der Waals surface area contributed by atoms with E-state index in [2.05, 4.69) is 17.9 Å². The van der Waals surface area contributed by atoms with Crippen molar-refractivity contribution in [1.82, 2.24) is 9.80 Å². The third-order valence-electron chi connectivity index (χ3n) is 7.64.